The predicted molar refractivity (Wildman–Crippen MR) is 127 cm³/mol. The molecule has 5 nitrogen and oxygen atoms in total. The highest BCUT2D eigenvalue weighted by Gasteiger charge is 2.27. The largest absolute Gasteiger partial charge is 0.338 e. The Hall–Kier alpha value is -3.67. The zero-order valence-corrected chi connectivity index (χ0v) is 18.8. The van der Waals surface area contributed by atoms with E-state index in [1.54, 1.807) is 12.1 Å². The molecule has 1 fully saturated rings. The van der Waals surface area contributed by atoms with E-state index in [1.165, 1.54) is 12.1 Å². The van der Waals surface area contributed by atoms with E-state index in [9.17, 15) is 9.18 Å². The number of benzene rings is 2. The van der Waals surface area contributed by atoms with Crippen LogP contribution in [0.15, 0.2) is 60.7 Å². The Labute approximate surface area is 192 Å². The Bertz CT molecular complexity index is 1340. The summed E-state index contributed by atoms with van der Waals surface area (Å²) in [6.07, 6.45) is 1.90. The van der Waals surface area contributed by atoms with Gasteiger partial charge in [0.25, 0.3) is 5.91 Å². The van der Waals surface area contributed by atoms with E-state index in [1.807, 2.05) is 55.1 Å². The number of carbonyl (C=O) groups is 1. The molecule has 5 rings (SSSR count). The van der Waals surface area contributed by atoms with Gasteiger partial charge in [-0.05, 0) is 81.3 Å². The zero-order valence-electron chi connectivity index (χ0n) is 18.8. The Balaban J connectivity index is 1.37. The number of piperidine rings is 1. The lowest BCUT2D eigenvalue weighted by atomic mass is 9.93. The number of aryl methyl sites for hydroxylation is 2. The lowest BCUT2D eigenvalue weighted by Gasteiger charge is -2.32. The van der Waals surface area contributed by atoms with Crippen LogP contribution in [0.25, 0.3) is 22.3 Å². The fourth-order valence-corrected chi connectivity index (χ4v) is 4.41. The molecule has 0 radical (unpaired) electrons. The number of amides is 1. The molecule has 166 valence electrons. The molecule has 0 unspecified atom stereocenters. The summed E-state index contributed by atoms with van der Waals surface area (Å²) in [5.41, 5.74) is 6.60. The van der Waals surface area contributed by atoms with Crippen molar-refractivity contribution in [3.63, 3.8) is 0 Å². The third-order valence-electron chi connectivity index (χ3n) is 6.36. The van der Waals surface area contributed by atoms with Crippen LogP contribution in [-0.4, -0.2) is 38.8 Å². The smallest absolute Gasteiger partial charge is 0.253 e. The van der Waals surface area contributed by atoms with E-state index in [-0.39, 0.29) is 17.6 Å². The molecule has 1 atom stereocenters. The highest BCUT2D eigenvalue weighted by Crippen LogP contribution is 2.29. The number of halogens is 1. The molecule has 0 saturated carbocycles. The first kappa shape index (κ1) is 21.2. The molecule has 2 aromatic heterocycles. The predicted octanol–water partition coefficient (Wildman–Crippen LogP) is 5.47. The molecule has 3 heterocycles. The van der Waals surface area contributed by atoms with Gasteiger partial charge in [0, 0.05) is 35.8 Å². The molecule has 0 bridgehead atoms. The lowest BCUT2D eigenvalue weighted by molar-refractivity contribution is 0.0706. The van der Waals surface area contributed by atoms with Crippen molar-refractivity contribution in [3.8, 4) is 11.3 Å². The third kappa shape index (κ3) is 4.33. The maximum Gasteiger partial charge on any atom is 0.253 e. The zero-order chi connectivity index (χ0) is 22.9. The fourth-order valence-electron chi connectivity index (χ4n) is 4.41. The monoisotopic (exact) mass is 440 g/mol. The molecule has 1 amide bonds. The van der Waals surface area contributed by atoms with Gasteiger partial charge in [-0.2, -0.15) is 0 Å². The third-order valence-corrected chi connectivity index (χ3v) is 6.36. The Morgan fingerprint density at radius 2 is 1.70 bits per heavy atom. The number of rotatable bonds is 3. The summed E-state index contributed by atoms with van der Waals surface area (Å²) in [6.45, 7) is 5.21. The first-order chi connectivity index (χ1) is 16.0. The van der Waals surface area contributed by atoms with E-state index >= 15 is 0 Å². The number of aromatic nitrogens is 3. The van der Waals surface area contributed by atoms with Crippen molar-refractivity contribution in [2.24, 2.45) is 0 Å². The summed E-state index contributed by atoms with van der Waals surface area (Å²) < 4.78 is 13.3. The number of hydrogen-bond acceptors (Lipinski definition) is 4. The molecular weight excluding hydrogens is 415 g/mol. The van der Waals surface area contributed by atoms with Gasteiger partial charge in [0.15, 0.2) is 0 Å². The van der Waals surface area contributed by atoms with Crippen molar-refractivity contribution in [1.29, 1.82) is 0 Å². The van der Waals surface area contributed by atoms with Crippen molar-refractivity contribution in [3.05, 3.63) is 89.1 Å². The van der Waals surface area contributed by atoms with Crippen molar-refractivity contribution in [1.82, 2.24) is 19.9 Å². The topological polar surface area (TPSA) is 59.0 Å². The van der Waals surface area contributed by atoms with Crippen LogP contribution in [0.5, 0.6) is 0 Å². The van der Waals surface area contributed by atoms with Crippen LogP contribution in [0.2, 0.25) is 0 Å². The maximum atomic E-state index is 13.3. The molecule has 1 saturated heterocycles. The summed E-state index contributed by atoms with van der Waals surface area (Å²) in [7, 11) is 0. The molecular formula is C27H25FN4O. The number of pyridine rings is 1. The molecule has 0 aliphatic carbocycles. The molecule has 6 heteroatoms. The number of likely N-dealkylation sites (tertiary alicyclic amines) is 1. The Morgan fingerprint density at radius 1 is 0.939 bits per heavy atom. The summed E-state index contributed by atoms with van der Waals surface area (Å²) in [5.74, 6) is -0.0918. The van der Waals surface area contributed by atoms with Crippen molar-refractivity contribution >= 4 is 16.9 Å². The number of nitrogens with zero attached hydrogens (tertiary/aromatic N) is 4. The highest BCUT2D eigenvalue weighted by molar-refractivity contribution is 5.97. The van der Waals surface area contributed by atoms with Crippen LogP contribution in [0.3, 0.4) is 0 Å². The van der Waals surface area contributed by atoms with Gasteiger partial charge in [0.1, 0.15) is 5.82 Å². The number of hydrogen-bond donors (Lipinski definition) is 0. The van der Waals surface area contributed by atoms with Gasteiger partial charge in [-0.15, -0.1) is 0 Å². The quantitative estimate of drug-likeness (QED) is 0.424. The molecule has 2 aromatic carbocycles. The summed E-state index contributed by atoms with van der Waals surface area (Å²) in [6, 6.07) is 17.9. The van der Waals surface area contributed by atoms with Gasteiger partial charge >= 0.3 is 0 Å². The van der Waals surface area contributed by atoms with Crippen molar-refractivity contribution < 1.29 is 9.18 Å². The highest BCUT2D eigenvalue weighted by atomic mass is 19.1. The minimum absolute atomic E-state index is 0.0105. The fraction of sp³-hybridized carbons (Fsp3) is 0.259. The first-order valence-electron chi connectivity index (χ1n) is 11.2. The number of fused-ring (bicyclic) bond motifs is 1. The van der Waals surface area contributed by atoms with Gasteiger partial charge in [-0.25, -0.2) is 14.4 Å². The SMILES string of the molecule is Cc1nc2ccc(C(=O)N3CCC[C@@H](c4cccc(-c5ccc(F)cc5)n4)C3)cc2nc1C. The molecule has 4 aromatic rings. The van der Waals surface area contributed by atoms with E-state index in [2.05, 4.69) is 9.97 Å². The van der Waals surface area contributed by atoms with Gasteiger partial charge in [0.2, 0.25) is 0 Å². The van der Waals surface area contributed by atoms with Crippen LogP contribution in [0, 0.1) is 19.7 Å². The van der Waals surface area contributed by atoms with E-state index in [0.29, 0.717) is 12.1 Å². The number of carbonyl (C=O) groups excluding carboxylic acids is 1. The van der Waals surface area contributed by atoms with Crippen LogP contribution in [0.1, 0.15) is 46.2 Å². The molecule has 1 aliphatic rings. The summed E-state index contributed by atoms with van der Waals surface area (Å²) in [4.78, 5) is 29.2. The normalized spacial score (nSPS) is 16.2. The lowest BCUT2D eigenvalue weighted by Crippen LogP contribution is -2.39. The van der Waals surface area contributed by atoms with Gasteiger partial charge in [-0.3, -0.25) is 9.78 Å². The molecule has 0 spiro atoms. The first-order valence-corrected chi connectivity index (χ1v) is 11.2. The van der Waals surface area contributed by atoms with Gasteiger partial charge in [-0.1, -0.05) is 6.07 Å². The van der Waals surface area contributed by atoms with Crippen molar-refractivity contribution in [2.45, 2.75) is 32.6 Å². The summed E-state index contributed by atoms with van der Waals surface area (Å²) >= 11 is 0. The second kappa shape index (κ2) is 8.70. The van der Waals surface area contributed by atoms with E-state index in [0.717, 1.165) is 58.8 Å². The van der Waals surface area contributed by atoms with Crippen LogP contribution in [0.4, 0.5) is 4.39 Å². The standard InChI is InChI=1S/C27H25FN4O/c1-17-18(2)30-26-15-20(10-13-25(26)29-17)27(33)32-14-4-5-21(16-32)24-7-3-6-23(31-24)19-8-11-22(28)12-9-19/h3,6-13,15,21H,4-5,14,16H2,1-2H3/t21-/m1/s1. The molecule has 33 heavy (non-hydrogen) atoms. The van der Waals surface area contributed by atoms with Crippen molar-refractivity contribution in [2.75, 3.05) is 13.1 Å². The van der Waals surface area contributed by atoms with Crippen LogP contribution in [-0.2, 0) is 0 Å². The van der Waals surface area contributed by atoms with Gasteiger partial charge in [0.05, 0.1) is 28.1 Å². The van der Waals surface area contributed by atoms with E-state index < -0.39 is 0 Å². The minimum Gasteiger partial charge on any atom is -0.338 e. The summed E-state index contributed by atoms with van der Waals surface area (Å²) in [5, 5.41) is 0. The van der Waals surface area contributed by atoms with Gasteiger partial charge < -0.3 is 4.90 Å². The average molecular weight is 441 g/mol. The van der Waals surface area contributed by atoms with Crippen LogP contribution >= 0.6 is 0 Å². The van der Waals surface area contributed by atoms with Crippen LogP contribution < -0.4 is 0 Å². The average Bonchev–Trinajstić information content (AvgIpc) is 2.85. The minimum atomic E-state index is -0.263. The Morgan fingerprint density at radius 3 is 2.48 bits per heavy atom. The van der Waals surface area contributed by atoms with E-state index in [4.69, 9.17) is 4.98 Å². The molecule has 1 aliphatic heterocycles. The second-order valence-electron chi connectivity index (χ2n) is 8.64. The maximum absolute atomic E-state index is 13.3. The second-order valence-corrected chi connectivity index (χ2v) is 8.64. The molecule has 0 N–H and O–H groups in total. The Kier molecular flexibility index (Phi) is 5.58.